The van der Waals surface area contributed by atoms with E-state index in [4.69, 9.17) is 18.6 Å². The maximum absolute atomic E-state index is 10.2. The molecule has 4 nitrogen and oxygen atoms in total. The van der Waals surface area contributed by atoms with Crippen molar-refractivity contribution in [1.29, 1.82) is 0 Å². The van der Waals surface area contributed by atoms with E-state index in [1.807, 2.05) is 13.8 Å². The average molecular weight is 319 g/mol. The van der Waals surface area contributed by atoms with Crippen LogP contribution in [0.3, 0.4) is 0 Å². The molecule has 0 spiro atoms. The van der Waals surface area contributed by atoms with E-state index in [0.29, 0.717) is 12.8 Å². The predicted molar refractivity (Wildman–Crippen MR) is 70.1 cm³/mol. The first kappa shape index (κ1) is 22.4. The Morgan fingerprint density at radius 2 is 1.18 bits per heavy atom. The van der Waals surface area contributed by atoms with Crippen molar-refractivity contribution in [2.45, 2.75) is 39.5 Å². The molecule has 0 fully saturated rings. The first-order chi connectivity index (χ1) is 8.03. The quantitative estimate of drug-likeness (QED) is 0.735. The molecule has 0 N–H and O–H groups in total. The van der Waals surface area contributed by atoms with E-state index >= 15 is 0 Å². The Morgan fingerprint density at radius 1 is 0.941 bits per heavy atom. The van der Waals surface area contributed by atoms with E-state index < -0.39 is 17.0 Å². The average Bonchev–Trinajstić information content (AvgIpc) is 2.31. The maximum atomic E-state index is 10.2. The van der Waals surface area contributed by atoms with Gasteiger partial charge in [0.15, 0.2) is 0 Å². The second-order valence-electron chi connectivity index (χ2n) is 2.81. The summed E-state index contributed by atoms with van der Waals surface area (Å²) in [7, 11) is 12.8. The van der Waals surface area contributed by atoms with Gasteiger partial charge in [-0.15, -0.1) is 14.1 Å². The van der Waals surface area contributed by atoms with E-state index in [1.165, 1.54) is 14.1 Å². The van der Waals surface area contributed by atoms with E-state index in [0.717, 1.165) is 12.8 Å². The third-order valence-corrected chi connectivity index (χ3v) is 1.43. The van der Waals surface area contributed by atoms with Gasteiger partial charge in [0.25, 0.3) is 0 Å². The Hall–Kier alpha value is 0.234. The molecule has 0 radical (unpaired) electrons. The molecule has 0 aromatic rings. The van der Waals surface area contributed by atoms with Gasteiger partial charge in [-0.1, -0.05) is 26.7 Å². The fourth-order valence-electron chi connectivity index (χ4n) is 0.651. The fraction of sp³-hybridized carbons (Fsp3) is 0.800. The molecule has 0 bridgehead atoms. The molecule has 0 heterocycles. The first-order valence-corrected chi connectivity index (χ1v) is 9.55. The zero-order valence-electron chi connectivity index (χ0n) is 10.8. The van der Waals surface area contributed by atoms with Crippen molar-refractivity contribution in [3.05, 3.63) is 10.6 Å². The van der Waals surface area contributed by atoms with Crippen LogP contribution in [-0.4, -0.2) is 25.9 Å². The molecule has 0 atom stereocenters. The molecule has 0 unspecified atom stereocenters. The van der Waals surface area contributed by atoms with Gasteiger partial charge in [-0.3, -0.25) is 0 Å². The molecular formula is C10H20Cl2N2O2Ti-2. The van der Waals surface area contributed by atoms with Crippen molar-refractivity contribution in [1.82, 2.24) is 0 Å². The Kier molecular flexibility index (Phi) is 28.4. The number of hydrogen-bond acceptors (Lipinski definition) is 2. The van der Waals surface area contributed by atoms with Crippen molar-refractivity contribution in [2.75, 3.05) is 14.1 Å². The van der Waals surface area contributed by atoms with Crippen LogP contribution in [0, 0.1) is 0 Å². The van der Waals surface area contributed by atoms with Gasteiger partial charge in [-0.05, 0) is 12.8 Å². The second kappa shape index (κ2) is 21.5. The van der Waals surface area contributed by atoms with Gasteiger partial charge in [0, 0.05) is 0 Å². The monoisotopic (exact) mass is 318 g/mol. The van der Waals surface area contributed by atoms with Crippen LogP contribution in [0.1, 0.15) is 39.5 Å². The van der Waals surface area contributed by atoms with Crippen molar-refractivity contribution in [2.24, 2.45) is 0 Å². The van der Waals surface area contributed by atoms with Gasteiger partial charge in [-0.25, -0.2) is 0 Å². The van der Waals surface area contributed by atoms with Crippen LogP contribution in [0.5, 0.6) is 0 Å². The van der Waals surface area contributed by atoms with Crippen molar-refractivity contribution in [3.8, 4) is 0 Å². The summed E-state index contributed by atoms with van der Waals surface area (Å²) in [5.41, 5.74) is 0. The molecule has 0 rings (SSSR count). The predicted octanol–water partition coefficient (Wildman–Crippen LogP) is 4.01. The minimum atomic E-state index is -0.556. The molecule has 0 saturated carbocycles. The number of nitrogens with zero attached hydrogens (tertiary/aromatic N) is 2. The molecule has 0 aromatic carbocycles. The summed E-state index contributed by atoms with van der Waals surface area (Å²) < 4.78 is 0. The van der Waals surface area contributed by atoms with Gasteiger partial charge in [-0.2, -0.15) is 0 Å². The number of hydrogen-bond donors (Lipinski definition) is 0. The molecule has 0 aliphatic carbocycles. The molecule has 17 heavy (non-hydrogen) atoms. The van der Waals surface area contributed by atoms with Gasteiger partial charge in [0.2, 0.25) is 0 Å². The molecule has 2 amide bonds. The second-order valence-corrected chi connectivity index (χ2v) is 5.39. The van der Waals surface area contributed by atoms with E-state index in [-0.39, 0.29) is 11.8 Å². The molecule has 7 heteroatoms. The zero-order chi connectivity index (χ0) is 14.1. The molecule has 0 aliphatic rings. The van der Waals surface area contributed by atoms with Crippen LogP contribution in [0.4, 0.5) is 0 Å². The summed E-state index contributed by atoms with van der Waals surface area (Å²) in [6.07, 6.45) is 2.99. The van der Waals surface area contributed by atoms with Gasteiger partial charge < -0.3 is 20.2 Å². The van der Waals surface area contributed by atoms with Gasteiger partial charge >= 0.3 is 35.6 Å². The molecule has 0 aliphatic heterocycles. The number of carbonyl (C=O) groups is 2. The Labute approximate surface area is 121 Å². The van der Waals surface area contributed by atoms with Crippen LogP contribution in [0.15, 0.2) is 0 Å². The zero-order valence-corrected chi connectivity index (χ0v) is 13.9. The van der Waals surface area contributed by atoms with Crippen LogP contribution in [0.25, 0.3) is 10.6 Å². The summed E-state index contributed by atoms with van der Waals surface area (Å²) in [6.45, 7) is 3.92. The molecule has 102 valence electrons. The van der Waals surface area contributed by atoms with Crippen molar-refractivity contribution in [3.63, 3.8) is 0 Å². The Morgan fingerprint density at radius 3 is 1.24 bits per heavy atom. The summed E-state index contributed by atoms with van der Waals surface area (Å²) in [6, 6.07) is 0. The van der Waals surface area contributed by atoms with E-state index in [2.05, 4.69) is 10.6 Å². The van der Waals surface area contributed by atoms with E-state index in [1.54, 1.807) is 0 Å². The Bertz CT molecular complexity index is 166. The summed E-state index contributed by atoms with van der Waals surface area (Å²) in [5, 5.41) is 6.88. The third kappa shape index (κ3) is 31.4. The summed E-state index contributed by atoms with van der Waals surface area (Å²) in [4.78, 5) is 20.5. The van der Waals surface area contributed by atoms with Crippen LogP contribution in [0.2, 0.25) is 0 Å². The Balaban J connectivity index is -0.000000188. The first-order valence-electron chi connectivity index (χ1n) is 5.25. The third-order valence-electron chi connectivity index (χ3n) is 1.43. The normalized spacial score (nSPS) is 7.65. The number of carbonyl (C=O) groups excluding carboxylic acids is 2. The summed E-state index contributed by atoms with van der Waals surface area (Å²) in [5.74, 6) is 0.00463. The van der Waals surface area contributed by atoms with Crippen molar-refractivity contribution >= 4 is 30.4 Å². The number of rotatable bonds is 4. The van der Waals surface area contributed by atoms with Crippen molar-refractivity contribution < 1.29 is 26.6 Å². The van der Waals surface area contributed by atoms with E-state index in [9.17, 15) is 9.59 Å². The number of halogens is 2. The fourth-order valence-corrected chi connectivity index (χ4v) is 0.651. The standard InChI is InChI=1S/2C5H11NO.2ClH.Ti/c2*1-3-4-5(7)6-2;;;/h2*3-4H2,1-2H3,(H,6,7);2*1H;/q;;;;+2/p-4. The molecule has 0 aromatic heterocycles. The number of amides is 2. The topological polar surface area (TPSA) is 62.3 Å². The van der Waals surface area contributed by atoms with Gasteiger partial charge in [0.05, 0.1) is 11.8 Å². The molecular weight excluding hydrogens is 299 g/mol. The minimum absolute atomic E-state index is 0.00231. The SMILES string of the molecule is CCCC(=O)[N-]C.CCCC(=O)[N-]C.[Cl][Ti][Cl]. The summed E-state index contributed by atoms with van der Waals surface area (Å²) >= 11 is -0.556. The van der Waals surface area contributed by atoms with Crippen LogP contribution < -0.4 is 0 Å². The van der Waals surface area contributed by atoms with Gasteiger partial charge in [0.1, 0.15) is 0 Å². The van der Waals surface area contributed by atoms with Crippen LogP contribution >= 0.6 is 18.6 Å². The van der Waals surface area contributed by atoms with Crippen LogP contribution in [-0.2, 0) is 26.6 Å². The molecule has 0 saturated heterocycles.